The first-order chi connectivity index (χ1) is 21.8. The quantitative estimate of drug-likeness (QED) is 0.166. The van der Waals surface area contributed by atoms with Crippen molar-refractivity contribution < 1.29 is 46.3 Å². The van der Waals surface area contributed by atoms with Crippen molar-refractivity contribution in [3.05, 3.63) is 70.7 Å². The molecule has 2 aromatic rings. The minimum Gasteiger partial charge on any atom is -0.434 e. The van der Waals surface area contributed by atoms with E-state index in [1.165, 1.54) is 36.4 Å². The molecule has 4 rings (SSSR count). The number of Topliss-reactive ketones (excluding diaryl/α,β-unsaturated/α-hetero) is 1. The van der Waals surface area contributed by atoms with Crippen LogP contribution in [0.1, 0.15) is 55.8 Å². The van der Waals surface area contributed by atoms with Gasteiger partial charge in [-0.15, -0.1) is 0 Å². The number of rotatable bonds is 15. The Balaban J connectivity index is 1.54. The van der Waals surface area contributed by atoms with Gasteiger partial charge in [0.15, 0.2) is 6.10 Å². The highest BCUT2D eigenvalue weighted by Gasteiger charge is 2.46. The van der Waals surface area contributed by atoms with Crippen LogP contribution in [-0.4, -0.2) is 60.7 Å². The second-order valence-corrected chi connectivity index (χ2v) is 11.6. The molecule has 2 fully saturated rings. The van der Waals surface area contributed by atoms with Crippen LogP contribution < -0.4 is 21.3 Å². The number of nitrogens with one attached hydrogen (secondary N) is 4. The van der Waals surface area contributed by atoms with E-state index < -0.39 is 84.5 Å². The summed E-state index contributed by atoms with van der Waals surface area (Å²) in [5.74, 6) is -8.14. The molecule has 1 saturated heterocycles. The molecule has 10 nitrogen and oxygen atoms in total. The number of ketones is 1. The minimum atomic E-state index is -3.83. The number of alkyl carbamates (subject to hydrolysis) is 1. The van der Waals surface area contributed by atoms with Gasteiger partial charge in [-0.1, -0.05) is 54.1 Å². The highest BCUT2D eigenvalue weighted by Crippen LogP contribution is 2.43. The van der Waals surface area contributed by atoms with Gasteiger partial charge >= 0.3 is 12.0 Å². The second-order valence-electron chi connectivity index (χ2n) is 11.2. The lowest BCUT2D eigenvalue weighted by atomic mass is 9.95. The molecule has 1 saturated carbocycles. The second kappa shape index (κ2) is 15.4. The molecule has 46 heavy (non-hydrogen) atoms. The summed E-state index contributed by atoms with van der Waals surface area (Å²) in [4.78, 5) is 64.2. The molecule has 0 aromatic heterocycles. The third-order valence-electron chi connectivity index (χ3n) is 7.60. The first-order valence-electron chi connectivity index (χ1n) is 14.7. The number of benzene rings is 2. The molecule has 1 aliphatic carbocycles. The maximum absolute atomic E-state index is 15.8. The molecule has 248 valence electrons. The molecule has 0 radical (unpaired) electrons. The van der Waals surface area contributed by atoms with E-state index in [1.807, 2.05) is 0 Å². The number of carbonyl (C=O) groups excluding carboxylic acids is 5. The van der Waals surface area contributed by atoms with Gasteiger partial charge < -0.3 is 26.0 Å². The van der Waals surface area contributed by atoms with E-state index in [1.54, 1.807) is 6.07 Å². The standard InChI is InChI=1S/C31H33ClF4N4O6/c32-20-8-4-7-19(16-20)31(35,36)26(17-5-2-1-3-6-17)46-30(45)40-22(11-12-24(33)34)28(43)39-23(15-18-13-14-37-27(18)42)25(41)29(44)38-21-9-10-21/h1-8,16,18,21-24,26H,9-15H2,(H,37,42)(H,38,44)(H,39,43)(H,40,45)/t18-,22-,23-,26+/m0/s1. The number of ether oxygens (including phenoxy) is 1. The Kier molecular flexibility index (Phi) is 11.6. The average molecular weight is 669 g/mol. The molecule has 2 aromatic carbocycles. The average Bonchev–Trinajstić information content (AvgIpc) is 3.75. The summed E-state index contributed by atoms with van der Waals surface area (Å²) in [6.07, 6.45) is -6.81. The molecule has 15 heteroatoms. The summed E-state index contributed by atoms with van der Waals surface area (Å²) in [7, 11) is 0. The number of amides is 4. The van der Waals surface area contributed by atoms with Crippen LogP contribution in [0.25, 0.3) is 0 Å². The summed E-state index contributed by atoms with van der Waals surface area (Å²) in [6, 6.07) is 8.27. The third-order valence-corrected chi connectivity index (χ3v) is 7.84. The van der Waals surface area contributed by atoms with Gasteiger partial charge in [0.05, 0.1) is 6.04 Å². The zero-order valence-corrected chi connectivity index (χ0v) is 25.2. The van der Waals surface area contributed by atoms with Crippen molar-refractivity contribution in [3.63, 3.8) is 0 Å². The van der Waals surface area contributed by atoms with Crippen LogP contribution in [0.2, 0.25) is 5.02 Å². The molecule has 0 spiro atoms. The zero-order chi connectivity index (χ0) is 33.4. The van der Waals surface area contributed by atoms with Crippen molar-refractivity contribution in [2.24, 2.45) is 5.92 Å². The Morgan fingerprint density at radius 2 is 1.67 bits per heavy atom. The predicted octanol–water partition coefficient (Wildman–Crippen LogP) is 4.17. The van der Waals surface area contributed by atoms with Gasteiger partial charge in [-0.25, -0.2) is 13.6 Å². The van der Waals surface area contributed by atoms with E-state index in [2.05, 4.69) is 21.3 Å². The maximum Gasteiger partial charge on any atom is 0.408 e. The number of alkyl halides is 4. The summed E-state index contributed by atoms with van der Waals surface area (Å²) in [5.41, 5.74) is -0.686. The lowest BCUT2D eigenvalue weighted by Gasteiger charge is -2.29. The lowest BCUT2D eigenvalue weighted by molar-refractivity contribution is -0.141. The Bertz CT molecular complexity index is 1430. The Morgan fingerprint density at radius 3 is 2.28 bits per heavy atom. The molecular weight excluding hydrogens is 636 g/mol. The fourth-order valence-corrected chi connectivity index (χ4v) is 5.16. The number of halogens is 5. The fourth-order valence-electron chi connectivity index (χ4n) is 4.97. The Labute approximate surface area is 266 Å². The van der Waals surface area contributed by atoms with Gasteiger partial charge in [-0.05, 0) is 49.8 Å². The maximum atomic E-state index is 15.8. The van der Waals surface area contributed by atoms with Crippen LogP contribution in [0.3, 0.4) is 0 Å². The number of carbonyl (C=O) groups is 5. The van der Waals surface area contributed by atoms with E-state index in [-0.39, 0.29) is 23.0 Å². The van der Waals surface area contributed by atoms with Crippen LogP contribution in [0.15, 0.2) is 54.6 Å². The Morgan fingerprint density at radius 1 is 0.957 bits per heavy atom. The molecule has 4 atom stereocenters. The molecular formula is C31H33ClF4N4O6. The van der Waals surface area contributed by atoms with Gasteiger partial charge in [0, 0.05) is 35.5 Å². The smallest absolute Gasteiger partial charge is 0.408 e. The van der Waals surface area contributed by atoms with Crippen molar-refractivity contribution in [1.29, 1.82) is 0 Å². The summed E-state index contributed by atoms with van der Waals surface area (Å²) >= 11 is 5.91. The largest absolute Gasteiger partial charge is 0.434 e. The summed E-state index contributed by atoms with van der Waals surface area (Å²) < 4.78 is 63.2. The van der Waals surface area contributed by atoms with Crippen molar-refractivity contribution in [1.82, 2.24) is 21.3 Å². The number of hydrogen-bond acceptors (Lipinski definition) is 6. The number of hydrogen-bond donors (Lipinski definition) is 4. The van der Waals surface area contributed by atoms with Crippen LogP contribution in [0, 0.1) is 5.92 Å². The Hall–Kier alpha value is -4.20. The van der Waals surface area contributed by atoms with Crippen LogP contribution >= 0.6 is 11.6 Å². The van der Waals surface area contributed by atoms with Crippen molar-refractivity contribution in [2.45, 2.75) is 75.1 Å². The van der Waals surface area contributed by atoms with Crippen molar-refractivity contribution in [3.8, 4) is 0 Å². The lowest BCUT2D eigenvalue weighted by Crippen LogP contribution is -2.55. The topological polar surface area (TPSA) is 143 Å². The molecule has 1 aliphatic heterocycles. The van der Waals surface area contributed by atoms with Gasteiger partial charge in [-0.2, -0.15) is 8.78 Å². The van der Waals surface area contributed by atoms with Crippen LogP contribution in [0.5, 0.6) is 0 Å². The zero-order valence-electron chi connectivity index (χ0n) is 24.4. The van der Waals surface area contributed by atoms with E-state index in [0.29, 0.717) is 25.8 Å². The van der Waals surface area contributed by atoms with E-state index in [9.17, 15) is 32.8 Å². The van der Waals surface area contributed by atoms with Gasteiger partial charge in [0.2, 0.25) is 24.0 Å². The van der Waals surface area contributed by atoms with Gasteiger partial charge in [-0.3, -0.25) is 19.2 Å². The molecule has 1 heterocycles. The monoisotopic (exact) mass is 668 g/mol. The van der Waals surface area contributed by atoms with E-state index >= 15 is 8.78 Å². The third kappa shape index (κ3) is 9.41. The summed E-state index contributed by atoms with van der Waals surface area (Å²) in [6.45, 7) is 0.319. The first-order valence-corrected chi connectivity index (χ1v) is 15.1. The van der Waals surface area contributed by atoms with E-state index in [0.717, 1.165) is 12.1 Å². The first kappa shape index (κ1) is 34.7. The minimum absolute atomic E-state index is 0.00201. The molecule has 0 bridgehead atoms. The van der Waals surface area contributed by atoms with Gasteiger partial charge in [0.1, 0.15) is 6.04 Å². The van der Waals surface area contributed by atoms with Crippen LogP contribution in [-0.2, 0) is 29.8 Å². The molecule has 4 amide bonds. The SMILES string of the molecule is O=C(N[C@@H](CCC(F)F)C(=O)N[C@@H](C[C@@H]1CCNC1=O)C(=O)C(=O)NC1CC1)O[C@H](c1ccccc1)C(F)(F)c1cccc(Cl)c1. The van der Waals surface area contributed by atoms with E-state index in [4.69, 9.17) is 16.3 Å². The van der Waals surface area contributed by atoms with Crippen molar-refractivity contribution >= 4 is 41.2 Å². The highest BCUT2D eigenvalue weighted by atomic mass is 35.5. The van der Waals surface area contributed by atoms with Crippen molar-refractivity contribution in [2.75, 3.05) is 6.54 Å². The fraction of sp³-hybridized carbons (Fsp3) is 0.452. The molecule has 0 unspecified atom stereocenters. The highest BCUT2D eigenvalue weighted by molar-refractivity contribution is 6.38. The predicted molar refractivity (Wildman–Crippen MR) is 157 cm³/mol. The normalized spacial score (nSPS) is 18.2. The molecule has 2 aliphatic rings. The van der Waals surface area contributed by atoms with Crippen LogP contribution in [0.4, 0.5) is 22.4 Å². The molecule has 4 N–H and O–H groups in total. The van der Waals surface area contributed by atoms with Gasteiger partial charge in [0.25, 0.3) is 5.91 Å². The summed E-state index contributed by atoms with van der Waals surface area (Å²) in [5, 5.41) is 9.47.